The summed E-state index contributed by atoms with van der Waals surface area (Å²) in [5.41, 5.74) is 1.72. The smallest absolute Gasteiger partial charge is 0.350 e. The zero-order valence-electron chi connectivity index (χ0n) is 10.9. The van der Waals surface area contributed by atoms with Crippen molar-refractivity contribution in [2.24, 2.45) is 0 Å². The van der Waals surface area contributed by atoms with Gasteiger partial charge in [0.25, 0.3) is 5.91 Å². The first-order chi connectivity index (χ1) is 9.52. The highest BCUT2D eigenvalue weighted by molar-refractivity contribution is 7.12. The highest BCUT2D eigenvalue weighted by atomic mass is 35.5. The maximum Gasteiger partial charge on any atom is 0.350 e. The van der Waals surface area contributed by atoms with Gasteiger partial charge in [-0.15, -0.1) is 11.3 Å². The van der Waals surface area contributed by atoms with E-state index < -0.39 is 5.97 Å². The molecule has 0 bridgehead atoms. The number of carbonyl (C=O) groups is 2. The molecule has 6 heteroatoms. The Morgan fingerprint density at radius 2 is 2.05 bits per heavy atom. The van der Waals surface area contributed by atoms with E-state index in [1.54, 1.807) is 29.6 Å². The summed E-state index contributed by atoms with van der Waals surface area (Å²) < 4.78 is 4.66. The van der Waals surface area contributed by atoms with E-state index >= 15 is 0 Å². The summed E-state index contributed by atoms with van der Waals surface area (Å²) in [4.78, 5) is 24.1. The molecule has 2 aromatic rings. The number of halogens is 1. The van der Waals surface area contributed by atoms with Crippen molar-refractivity contribution in [2.45, 2.75) is 6.92 Å². The Morgan fingerprint density at radius 3 is 2.75 bits per heavy atom. The van der Waals surface area contributed by atoms with Gasteiger partial charge >= 0.3 is 5.97 Å². The summed E-state index contributed by atoms with van der Waals surface area (Å²) in [7, 11) is 1.30. The van der Waals surface area contributed by atoms with E-state index in [0.29, 0.717) is 21.2 Å². The van der Waals surface area contributed by atoms with Crippen molar-refractivity contribution in [3.63, 3.8) is 0 Å². The van der Waals surface area contributed by atoms with Crippen molar-refractivity contribution in [3.05, 3.63) is 50.7 Å². The number of carbonyl (C=O) groups excluding carboxylic acids is 2. The monoisotopic (exact) mass is 309 g/mol. The molecule has 0 atom stereocenters. The van der Waals surface area contributed by atoms with Crippen LogP contribution in [0.5, 0.6) is 0 Å². The molecule has 0 spiro atoms. The first-order valence-electron chi connectivity index (χ1n) is 5.76. The zero-order chi connectivity index (χ0) is 14.7. The molecule has 0 aliphatic carbocycles. The summed E-state index contributed by atoms with van der Waals surface area (Å²) in [6, 6.07) is 6.75. The lowest BCUT2D eigenvalue weighted by atomic mass is 10.1. The van der Waals surface area contributed by atoms with E-state index in [1.807, 2.05) is 6.92 Å². The second-order valence-corrected chi connectivity index (χ2v) is 5.42. The summed E-state index contributed by atoms with van der Waals surface area (Å²) in [5, 5.41) is 4.90. The molecule has 1 aromatic carbocycles. The number of hydrogen-bond acceptors (Lipinski definition) is 4. The number of thiophene rings is 1. The molecule has 0 saturated heterocycles. The maximum absolute atomic E-state index is 12.2. The third-order valence-corrected chi connectivity index (χ3v) is 3.86. The van der Waals surface area contributed by atoms with Gasteiger partial charge in [0.05, 0.1) is 12.8 Å². The van der Waals surface area contributed by atoms with E-state index in [-0.39, 0.29) is 5.91 Å². The highest BCUT2D eigenvalue weighted by Crippen LogP contribution is 2.24. The van der Waals surface area contributed by atoms with Crippen LogP contribution in [-0.2, 0) is 4.74 Å². The number of rotatable bonds is 3. The average molecular weight is 310 g/mol. The Labute approximate surface area is 125 Å². The van der Waals surface area contributed by atoms with Gasteiger partial charge in [-0.2, -0.15) is 0 Å². The van der Waals surface area contributed by atoms with Crippen LogP contribution in [0.2, 0.25) is 5.02 Å². The first kappa shape index (κ1) is 14.6. The maximum atomic E-state index is 12.2. The fraction of sp³-hybridized carbons (Fsp3) is 0.143. The van der Waals surface area contributed by atoms with Gasteiger partial charge in [-0.25, -0.2) is 4.79 Å². The predicted octanol–water partition coefficient (Wildman–Crippen LogP) is 3.75. The van der Waals surface area contributed by atoms with Gasteiger partial charge in [0.1, 0.15) is 4.88 Å². The minimum atomic E-state index is -0.474. The summed E-state index contributed by atoms with van der Waals surface area (Å²) in [6.45, 7) is 1.82. The lowest BCUT2D eigenvalue weighted by Gasteiger charge is -2.08. The minimum absolute atomic E-state index is 0.312. The van der Waals surface area contributed by atoms with Gasteiger partial charge in [-0.3, -0.25) is 4.79 Å². The van der Waals surface area contributed by atoms with E-state index in [9.17, 15) is 9.59 Å². The number of hydrogen-bond donors (Lipinski definition) is 1. The van der Waals surface area contributed by atoms with Crippen LogP contribution in [0.25, 0.3) is 0 Å². The first-order valence-corrected chi connectivity index (χ1v) is 7.02. The number of ether oxygens (including phenoxy) is 1. The molecular weight excluding hydrogens is 298 g/mol. The minimum Gasteiger partial charge on any atom is -0.465 e. The van der Waals surface area contributed by atoms with Gasteiger partial charge in [-0.05, 0) is 36.1 Å². The lowest BCUT2D eigenvalue weighted by Crippen LogP contribution is -2.15. The largest absolute Gasteiger partial charge is 0.465 e. The van der Waals surface area contributed by atoms with Crippen LogP contribution in [0, 0.1) is 6.92 Å². The van der Waals surface area contributed by atoms with E-state index in [2.05, 4.69) is 10.1 Å². The van der Waals surface area contributed by atoms with E-state index in [4.69, 9.17) is 11.6 Å². The molecule has 1 amide bonds. The van der Waals surface area contributed by atoms with Crippen molar-refractivity contribution in [2.75, 3.05) is 12.4 Å². The Balaban J connectivity index is 2.26. The average Bonchev–Trinajstić information content (AvgIpc) is 2.88. The quantitative estimate of drug-likeness (QED) is 0.879. The molecule has 4 nitrogen and oxygen atoms in total. The van der Waals surface area contributed by atoms with E-state index in [0.717, 1.165) is 5.56 Å². The standard InChI is InChI=1S/C14H12ClNO3S/c1-8-3-4-9(15)7-10(8)13(17)16-11-5-6-20-12(11)14(18)19-2/h3-7H,1-2H3,(H,16,17). The molecule has 104 valence electrons. The van der Waals surface area contributed by atoms with Gasteiger partial charge in [0.15, 0.2) is 0 Å². The fourth-order valence-corrected chi connectivity index (χ4v) is 2.62. The van der Waals surface area contributed by atoms with Crippen LogP contribution in [0.1, 0.15) is 25.6 Å². The number of aryl methyl sites for hydroxylation is 1. The number of amides is 1. The van der Waals surface area contributed by atoms with Gasteiger partial charge in [-0.1, -0.05) is 17.7 Å². The molecule has 1 N–H and O–H groups in total. The molecule has 0 unspecified atom stereocenters. The Bertz CT molecular complexity index is 666. The molecule has 0 aliphatic heterocycles. The van der Waals surface area contributed by atoms with Gasteiger partial charge < -0.3 is 10.1 Å². The third kappa shape index (κ3) is 3.00. The van der Waals surface area contributed by atoms with Crippen molar-refractivity contribution in [1.82, 2.24) is 0 Å². The van der Waals surface area contributed by atoms with E-state index in [1.165, 1.54) is 18.4 Å². The van der Waals surface area contributed by atoms with Crippen molar-refractivity contribution in [3.8, 4) is 0 Å². The van der Waals surface area contributed by atoms with Gasteiger partial charge in [0, 0.05) is 10.6 Å². The van der Waals surface area contributed by atoms with Crippen LogP contribution in [-0.4, -0.2) is 19.0 Å². The Kier molecular flexibility index (Phi) is 4.42. The SMILES string of the molecule is COC(=O)c1sccc1NC(=O)c1cc(Cl)ccc1C. The normalized spacial score (nSPS) is 10.2. The lowest BCUT2D eigenvalue weighted by molar-refractivity contribution is 0.0607. The second kappa shape index (κ2) is 6.07. The molecule has 0 fully saturated rings. The Morgan fingerprint density at radius 1 is 1.30 bits per heavy atom. The molecule has 20 heavy (non-hydrogen) atoms. The second-order valence-electron chi connectivity index (χ2n) is 4.07. The molecule has 1 aromatic heterocycles. The summed E-state index contributed by atoms with van der Waals surface area (Å²) in [5.74, 6) is -0.785. The molecule has 0 aliphatic rings. The van der Waals surface area contributed by atoms with Crippen LogP contribution < -0.4 is 5.32 Å². The number of methoxy groups -OCH3 is 1. The van der Waals surface area contributed by atoms with Crippen LogP contribution in [0.15, 0.2) is 29.6 Å². The van der Waals surface area contributed by atoms with Crippen molar-refractivity contribution < 1.29 is 14.3 Å². The highest BCUT2D eigenvalue weighted by Gasteiger charge is 2.17. The predicted molar refractivity (Wildman–Crippen MR) is 79.8 cm³/mol. The number of nitrogens with one attached hydrogen (secondary N) is 1. The topological polar surface area (TPSA) is 55.4 Å². The van der Waals surface area contributed by atoms with Crippen LogP contribution in [0.3, 0.4) is 0 Å². The zero-order valence-corrected chi connectivity index (χ0v) is 12.5. The molecule has 0 radical (unpaired) electrons. The Hall–Kier alpha value is -1.85. The van der Waals surface area contributed by atoms with Crippen molar-refractivity contribution in [1.29, 1.82) is 0 Å². The number of anilines is 1. The molecular formula is C14H12ClNO3S. The van der Waals surface area contributed by atoms with Crippen LogP contribution in [0.4, 0.5) is 5.69 Å². The van der Waals surface area contributed by atoms with Crippen LogP contribution >= 0.6 is 22.9 Å². The van der Waals surface area contributed by atoms with Gasteiger partial charge in [0.2, 0.25) is 0 Å². The molecule has 2 rings (SSSR count). The molecule has 0 saturated carbocycles. The fourth-order valence-electron chi connectivity index (χ4n) is 1.69. The van der Waals surface area contributed by atoms with Crippen molar-refractivity contribution >= 4 is 40.5 Å². The number of esters is 1. The summed E-state index contributed by atoms with van der Waals surface area (Å²) >= 11 is 7.11. The third-order valence-electron chi connectivity index (χ3n) is 2.73. The molecule has 1 heterocycles. The summed E-state index contributed by atoms with van der Waals surface area (Å²) in [6.07, 6.45) is 0. The number of benzene rings is 1.